The fourth-order valence-electron chi connectivity index (χ4n) is 1.95. The molecule has 1 fully saturated rings. The first-order chi connectivity index (χ1) is 5.80. The van der Waals surface area contributed by atoms with Gasteiger partial charge in [-0.2, -0.15) is 0 Å². The van der Waals surface area contributed by atoms with Crippen molar-refractivity contribution in [2.24, 2.45) is 10.8 Å². The maximum Gasteiger partial charge on any atom is 0.309 e. The minimum Gasteiger partial charge on any atom is -0.481 e. The van der Waals surface area contributed by atoms with Gasteiger partial charge in [-0.1, -0.05) is 0 Å². The van der Waals surface area contributed by atoms with E-state index in [0.717, 1.165) is 0 Å². The highest BCUT2D eigenvalue weighted by Gasteiger charge is 2.51. The van der Waals surface area contributed by atoms with Crippen LogP contribution in [0.25, 0.3) is 0 Å². The van der Waals surface area contributed by atoms with E-state index in [1.165, 1.54) is 0 Å². The van der Waals surface area contributed by atoms with Crippen LogP contribution in [0, 0.1) is 10.8 Å². The molecule has 74 valence electrons. The molecule has 13 heavy (non-hydrogen) atoms. The zero-order valence-electron chi connectivity index (χ0n) is 7.83. The van der Waals surface area contributed by atoms with Crippen LogP contribution in [0.1, 0.15) is 33.1 Å². The van der Waals surface area contributed by atoms with Gasteiger partial charge in [-0.05, 0) is 33.1 Å². The minimum atomic E-state index is -0.891. The Kier molecular flexibility index (Phi) is 2.10. The predicted octanol–water partition coefficient (Wildman–Crippen LogP) is 1.35. The average Bonchev–Trinajstić information content (AvgIpc) is 2.30. The molecule has 4 heteroatoms. The summed E-state index contributed by atoms with van der Waals surface area (Å²) in [5, 5.41) is 17.8. The SMILES string of the molecule is C[C@]1(C(=O)O)CC[C@@](C)(C(=O)O)C1. The molecule has 0 amide bonds. The van der Waals surface area contributed by atoms with E-state index in [1.807, 2.05) is 0 Å². The maximum absolute atomic E-state index is 10.8. The van der Waals surface area contributed by atoms with Crippen molar-refractivity contribution in [1.29, 1.82) is 0 Å². The first-order valence-electron chi connectivity index (χ1n) is 4.27. The Balaban J connectivity index is 2.85. The number of carboxylic acid groups (broad SMARTS) is 2. The molecule has 0 bridgehead atoms. The Labute approximate surface area is 76.6 Å². The molecule has 1 rings (SSSR count). The number of carboxylic acids is 2. The van der Waals surface area contributed by atoms with E-state index < -0.39 is 22.8 Å². The Morgan fingerprint density at radius 3 is 1.46 bits per heavy atom. The molecule has 0 aliphatic heterocycles. The van der Waals surface area contributed by atoms with Gasteiger partial charge in [0, 0.05) is 0 Å². The van der Waals surface area contributed by atoms with Crippen molar-refractivity contribution in [3.63, 3.8) is 0 Å². The summed E-state index contributed by atoms with van der Waals surface area (Å²) in [6.07, 6.45) is 1.13. The summed E-state index contributed by atoms with van der Waals surface area (Å²) in [7, 11) is 0. The summed E-state index contributed by atoms with van der Waals surface area (Å²) in [6, 6.07) is 0. The number of carbonyl (C=O) groups is 2. The lowest BCUT2D eigenvalue weighted by atomic mass is 9.82. The van der Waals surface area contributed by atoms with E-state index in [2.05, 4.69) is 0 Å². The normalized spacial score (nSPS) is 38.9. The molecule has 0 saturated heterocycles. The van der Waals surface area contributed by atoms with Crippen LogP contribution in [0.2, 0.25) is 0 Å². The van der Waals surface area contributed by atoms with Crippen LogP contribution in [0.15, 0.2) is 0 Å². The van der Waals surface area contributed by atoms with E-state index in [9.17, 15) is 9.59 Å². The molecule has 4 nitrogen and oxygen atoms in total. The molecule has 1 aliphatic carbocycles. The molecule has 0 radical (unpaired) electrons. The Bertz CT molecular complexity index is 234. The van der Waals surface area contributed by atoms with Crippen molar-refractivity contribution in [2.45, 2.75) is 33.1 Å². The third-order valence-corrected chi connectivity index (χ3v) is 3.04. The van der Waals surface area contributed by atoms with Gasteiger partial charge in [0.2, 0.25) is 0 Å². The lowest BCUT2D eigenvalue weighted by Gasteiger charge is -2.21. The molecule has 2 atom stereocenters. The second-order valence-electron chi connectivity index (χ2n) is 4.41. The fraction of sp³-hybridized carbons (Fsp3) is 0.778. The quantitative estimate of drug-likeness (QED) is 0.682. The molecule has 1 aliphatic rings. The predicted molar refractivity (Wildman–Crippen MR) is 45.3 cm³/mol. The summed E-state index contributed by atoms with van der Waals surface area (Å²) in [4.78, 5) is 21.7. The second-order valence-corrected chi connectivity index (χ2v) is 4.41. The van der Waals surface area contributed by atoms with Crippen LogP contribution < -0.4 is 0 Å². The Morgan fingerprint density at radius 1 is 1.00 bits per heavy atom. The van der Waals surface area contributed by atoms with E-state index in [4.69, 9.17) is 10.2 Å². The van der Waals surface area contributed by atoms with Crippen molar-refractivity contribution in [3.8, 4) is 0 Å². The van der Waals surface area contributed by atoms with Gasteiger partial charge in [0.1, 0.15) is 0 Å². The van der Waals surface area contributed by atoms with Gasteiger partial charge in [-0.25, -0.2) is 0 Å². The highest BCUT2D eigenvalue weighted by atomic mass is 16.4. The molecule has 0 spiro atoms. The van der Waals surface area contributed by atoms with Gasteiger partial charge in [0.05, 0.1) is 10.8 Å². The molecular formula is C9H14O4. The van der Waals surface area contributed by atoms with E-state index in [1.54, 1.807) is 13.8 Å². The fourth-order valence-corrected chi connectivity index (χ4v) is 1.95. The lowest BCUT2D eigenvalue weighted by Crippen LogP contribution is -2.30. The second kappa shape index (κ2) is 2.72. The van der Waals surface area contributed by atoms with Crippen LogP contribution >= 0.6 is 0 Å². The summed E-state index contributed by atoms with van der Waals surface area (Å²) < 4.78 is 0. The molecule has 0 aromatic rings. The van der Waals surface area contributed by atoms with Crippen LogP contribution in [-0.2, 0) is 9.59 Å². The molecule has 0 aromatic carbocycles. The largest absolute Gasteiger partial charge is 0.481 e. The van der Waals surface area contributed by atoms with Crippen molar-refractivity contribution in [3.05, 3.63) is 0 Å². The molecule has 0 unspecified atom stereocenters. The van der Waals surface area contributed by atoms with Crippen molar-refractivity contribution in [2.75, 3.05) is 0 Å². The van der Waals surface area contributed by atoms with Crippen LogP contribution in [-0.4, -0.2) is 22.2 Å². The molecule has 0 aromatic heterocycles. The van der Waals surface area contributed by atoms with Gasteiger partial charge in [0.15, 0.2) is 0 Å². The smallest absolute Gasteiger partial charge is 0.309 e. The molecular weight excluding hydrogens is 172 g/mol. The lowest BCUT2D eigenvalue weighted by molar-refractivity contribution is -0.151. The summed E-state index contributed by atoms with van der Waals surface area (Å²) >= 11 is 0. The van der Waals surface area contributed by atoms with Crippen molar-refractivity contribution < 1.29 is 19.8 Å². The summed E-state index contributed by atoms with van der Waals surface area (Å²) in [5.41, 5.74) is -1.71. The summed E-state index contributed by atoms with van der Waals surface area (Å²) in [5.74, 6) is -1.78. The highest BCUT2D eigenvalue weighted by Crippen LogP contribution is 2.49. The number of hydrogen-bond donors (Lipinski definition) is 2. The highest BCUT2D eigenvalue weighted by molar-refractivity contribution is 5.80. The average molecular weight is 186 g/mol. The number of rotatable bonds is 2. The zero-order chi connectivity index (χ0) is 10.3. The van der Waals surface area contributed by atoms with Gasteiger partial charge in [0.25, 0.3) is 0 Å². The topological polar surface area (TPSA) is 74.6 Å². The number of aliphatic carboxylic acids is 2. The van der Waals surface area contributed by atoms with Crippen LogP contribution in [0.4, 0.5) is 0 Å². The summed E-state index contributed by atoms with van der Waals surface area (Å²) in [6.45, 7) is 3.23. The third kappa shape index (κ3) is 1.53. The minimum absolute atomic E-state index is 0.227. The van der Waals surface area contributed by atoms with Gasteiger partial charge < -0.3 is 10.2 Å². The molecule has 2 N–H and O–H groups in total. The molecule has 1 saturated carbocycles. The van der Waals surface area contributed by atoms with E-state index in [-0.39, 0.29) is 6.42 Å². The standard InChI is InChI=1S/C9H14O4/c1-8(6(10)11)3-4-9(2,5-8)7(12)13/h3-5H2,1-2H3,(H,10,11)(H,12,13)/t8-,9+. The zero-order valence-corrected chi connectivity index (χ0v) is 7.83. The Hall–Kier alpha value is -1.06. The van der Waals surface area contributed by atoms with Crippen LogP contribution in [0.3, 0.4) is 0 Å². The van der Waals surface area contributed by atoms with Crippen LogP contribution in [0.5, 0.6) is 0 Å². The van der Waals surface area contributed by atoms with E-state index >= 15 is 0 Å². The molecule has 0 heterocycles. The Morgan fingerprint density at radius 2 is 1.31 bits per heavy atom. The maximum atomic E-state index is 10.8. The van der Waals surface area contributed by atoms with Crippen molar-refractivity contribution in [1.82, 2.24) is 0 Å². The third-order valence-electron chi connectivity index (χ3n) is 3.04. The van der Waals surface area contributed by atoms with Crippen molar-refractivity contribution >= 4 is 11.9 Å². The first kappa shape index (κ1) is 10.0. The van der Waals surface area contributed by atoms with E-state index in [0.29, 0.717) is 12.8 Å². The number of hydrogen-bond acceptors (Lipinski definition) is 2. The monoisotopic (exact) mass is 186 g/mol. The van der Waals surface area contributed by atoms with Gasteiger partial charge in [-0.15, -0.1) is 0 Å². The van der Waals surface area contributed by atoms with Gasteiger partial charge in [-0.3, -0.25) is 9.59 Å². The van der Waals surface area contributed by atoms with Gasteiger partial charge >= 0.3 is 11.9 Å². The first-order valence-corrected chi connectivity index (χ1v) is 4.27.